The van der Waals surface area contributed by atoms with E-state index in [0.717, 1.165) is 46.1 Å². The fourth-order valence-corrected chi connectivity index (χ4v) is 7.69. The standard InChI is InChI=1S/C25H29F4N3O2S/c1-16(31(14-17-3-4-17)35(33,34)15-25(27,28)29)22-10-5-19-11-23-18(12-24(19,22)2)13-30-32(23)21-8-6-20(26)7-9-21/h6-9,11,13,16-17,22H,3-5,10,12,14-15H2,1-2H3/t16?,22?,24-/m0/s1. The zero-order valence-corrected chi connectivity index (χ0v) is 20.5. The SMILES string of the molecule is CC(C1CCC2=Cc3c(cnn3-c3ccc(F)cc3)C[C@@]21C)N(CC1CC1)S(=O)(=O)CC(F)(F)F. The Morgan fingerprint density at radius 3 is 2.51 bits per heavy atom. The van der Waals surface area contributed by atoms with Crippen LogP contribution in [0.1, 0.15) is 50.8 Å². The first-order chi connectivity index (χ1) is 16.4. The van der Waals surface area contributed by atoms with Crippen LogP contribution < -0.4 is 0 Å². The molecular weight excluding hydrogens is 482 g/mol. The summed E-state index contributed by atoms with van der Waals surface area (Å²) in [5.41, 5.74) is 3.43. The highest BCUT2D eigenvalue weighted by Gasteiger charge is 2.51. The molecule has 3 aliphatic rings. The van der Waals surface area contributed by atoms with Crippen LogP contribution in [-0.2, 0) is 16.4 Å². The van der Waals surface area contributed by atoms with E-state index >= 15 is 0 Å². The predicted octanol–water partition coefficient (Wildman–Crippen LogP) is 5.36. The molecule has 2 unspecified atom stereocenters. The zero-order chi connectivity index (χ0) is 25.2. The molecule has 0 amide bonds. The molecule has 5 nitrogen and oxygen atoms in total. The number of hydrogen-bond acceptors (Lipinski definition) is 3. The Labute approximate surface area is 202 Å². The Morgan fingerprint density at radius 1 is 1.20 bits per heavy atom. The Kier molecular flexibility index (Phi) is 5.90. The molecule has 2 saturated carbocycles. The molecule has 190 valence electrons. The van der Waals surface area contributed by atoms with Crippen LogP contribution in [0.25, 0.3) is 11.8 Å². The first-order valence-electron chi connectivity index (χ1n) is 12.0. The first kappa shape index (κ1) is 24.5. The van der Waals surface area contributed by atoms with Crippen molar-refractivity contribution in [2.75, 3.05) is 12.3 Å². The van der Waals surface area contributed by atoms with Gasteiger partial charge in [-0.15, -0.1) is 0 Å². The molecular formula is C25H29F4N3O2S. The number of alkyl halides is 3. The van der Waals surface area contributed by atoms with Crippen LogP contribution in [0.15, 0.2) is 36.0 Å². The van der Waals surface area contributed by atoms with E-state index in [4.69, 9.17) is 0 Å². The molecule has 0 spiro atoms. The second-order valence-corrected chi connectivity index (χ2v) is 12.4. The molecule has 5 rings (SSSR count). The van der Waals surface area contributed by atoms with Crippen molar-refractivity contribution in [1.29, 1.82) is 0 Å². The average Bonchev–Trinajstić information content (AvgIpc) is 3.40. The number of fused-ring (bicyclic) bond motifs is 2. The minimum absolute atomic E-state index is 0.113. The summed E-state index contributed by atoms with van der Waals surface area (Å²) in [6.07, 6.45) is 2.86. The third kappa shape index (κ3) is 4.67. The summed E-state index contributed by atoms with van der Waals surface area (Å²) < 4.78 is 81.5. The third-order valence-electron chi connectivity index (χ3n) is 7.98. The summed E-state index contributed by atoms with van der Waals surface area (Å²) in [4.78, 5) is 0. The third-order valence-corrected chi connectivity index (χ3v) is 9.87. The monoisotopic (exact) mass is 511 g/mol. The second-order valence-electron chi connectivity index (χ2n) is 10.5. The molecule has 2 aromatic rings. The lowest BCUT2D eigenvalue weighted by atomic mass is 9.68. The number of nitrogens with zero attached hydrogens (tertiary/aromatic N) is 3. The highest BCUT2D eigenvalue weighted by molar-refractivity contribution is 7.89. The maximum absolute atomic E-state index is 13.4. The van der Waals surface area contributed by atoms with E-state index in [2.05, 4.69) is 18.1 Å². The van der Waals surface area contributed by atoms with E-state index < -0.39 is 28.0 Å². The number of rotatable bonds is 7. The van der Waals surface area contributed by atoms with Crippen molar-refractivity contribution in [3.05, 3.63) is 53.1 Å². The zero-order valence-electron chi connectivity index (χ0n) is 19.7. The van der Waals surface area contributed by atoms with Gasteiger partial charge in [-0.3, -0.25) is 0 Å². The average molecular weight is 512 g/mol. The van der Waals surface area contributed by atoms with Gasteiger partial charge in [-0.05, 0) is 92.2 Å². The van der Waals surface area contributed by atoms with Gasteiger partial charge in [-0.25, -0.2) is 17.5 Å². The van der Waals surface area contributed by atoms with Crippen LogP contribution in [0, 0.1) is 23.1 Å². The molecule has 3 aliphatic carbocycles. The normalized spacial score (nSPS) is 25.3. The van der Waals surface area contributed by atoms with Gasteiger partial charge in [0.25, 0.3) is 0 Å². The summed E-state index contributed by atoms with van der Waals surface area (Å²) in [7, 11) is -4.49. The maximum atomic E-state index is 13.4. The molecule has 0 N–H and O–H groups in total. The summed E-state index contributed by atoms with van der Waals surface area (Å²) >= 11 is 0. The number of benzene rings is 1. The Bertz CT molecular complexity index is 1250. The number of hydrogen-bond donors (Lipinski definition) is 0. The molecule has 0 saturated heterocycles. The van der Waals surface area contributed by atoms with E-state index in [1.54, 1.807) is 29.9 Å². The van der Waals surface area contributed by atoms with Gasteiger partial charge in [-0.1, -0.05) is 12.5 Å². The molecule has 1 heterocycles. The van der Waals surface area contributed by atoms with Gasteiger partial charge in [0.1, 0.15) is 5.82 Å². The molecule has 35 heavy (non-hydrogen) atoms. The van der Waals surface area contributed by atoms with Crippen LogP contribution in [-0.4, -0.2) is 47.0 Å². The lowest BCUT2D eigenvalue weighted by Crippen LogP contribution is -2.50. The van der Waals surface area contributed by atoms with Gasteiger partial charge in [0, 0.05) is 12.6 Å². The topological polar surface area (TPSA) is 55.2 Å². The highest BCUT2D eigenvalue weighted by Crippen LogP contribution is 2.55. The van der Waals surface area contributed by atoms with E-state index in [-0.39, 0.29) is 29.6 Å². The number of sulfonamides is 1. The molecule has 0 bridgehead atoms. The first-order valence-corrected chi connectivity index (χ1v) is 13.6. The van der Waals surface area contributed by atoms with Gasteiger partial charge in [-0.2, -0.15) is 22.6 Å². The van der Waals surface area contributed by atoms with Crippen molar-refractivity contribution < 1.29 is 26.0 Å². The lowest BCUT2D eigenvalue weighted by Gasteiger charge is -2.42. The Morgan fingerprint density at radius 2 is 1.89 bits per heavy atom. The fourth-order valence-electron chi connectivity index (χ4n) is 6.02. The minimum atomic E-state index is -4.78. The molecule has 1 aromatic carbocycles. The van der Waals surface area contributed by atoms with Crippen molar-refractivity contribution in [2.24, 2.45) is 17.3 Å². The molecule has 10 heteroatoms. The summed E-state index contributed by atoms with van der Waals surface area (Å²) in [5, 5.41) is 4.51. The van der Waals surface area contributed by atoms with Crippen LogP contribution >= 0.6 is 0 Å². The highest BCUT2D eigenvalue weighted by atomic mass is 32.2. The van der Waals surface area contributed by atoms with E-state index in [0.29, 0.717) is 12.8 Å². The molecule has 0 aliphatic heterocycles. The molecule has 2 fully saturated rings. The van der Waals surface area contributed by atoms with Crippen LogP contribution in [0.5, 0.6) is 0 Å². The van der Waals surface area contributed by atoms with E-state index in [1.165, 1.54) is 12.1 Å². The Balaban J connectivity index is 1.45. The van der Waals surface area contributed by atoms with Crippen molar-refractivity contribution in [2.45, 2.75) is 58.2 Å². The predicted molar refractivity (Wildman–Crippen MR) is 125 cm³/mol. The maximum Gasteiger partial charge on any atom is 0.404 e. The minimum Gasteiger partial charge on any atom is -0.233 e. The van der Waals surface area contributed by atoms with Crippen LogP contribution in [0.2, 0.25) is 0 Å². The lowest BCUT2D eigenvalue weighted by molar-refractivity contribution is -0.107. The molecule has 3 atom stereocenters. The number of aromatic nitrogens is 2. The quantitative estimate of drug-likeness (QED) is 0.471. The Hall–Kier alpha value is -2.20. The van der Waals surface area contributed by atoms with Gasteiger partial charge in [0.05, 0.1) is 17.6 Å². The van der Waals surface area contributed by atoms with E-state index in [1.807, 2.05) is 0 Å². The van der Waals surface area contributed by atoms with Crippen molar-refractivity contribution in [3.8, 4) is 5.69 Å². The fraction of sp³-hybridized carbons (Fsp3) is 0.560. The second kappa shape index (κ2) is 8.44. The van der Waals surface area contributed by atoms with Crippen LogP contribution in [0.3, 0.4) is 0 Å². The van der Waals surface area contributed by atoms with E-state index in [9.17, 15) is 26.0 Å². The smallest absolute Gasteiger partial charge is 0.233 e. The molecule has 0 radical (unpaired) electrons. The van der Waals surface area contributed by atoms with Gasteiger partial charge < -0.3 is 0 Å². The van der Waals surface area contributed by atoms with Crippen molar-refractivity contribution in [3.63, 3.8) is 0 Å². The van der Waals surface area contributed by atoms with Crippen LogP contribution in [0.4, 0.5) is 17.6 Å². The summed E-state index contributed by atoms with van der Waals surface area (Å²) in [6, 6.07) is 5.54. The molecule has 1 aromatic heterocycles. The number of halogens is 4. The summed E-state index contributed by atoms with van der Waals surface area (Å²) in [6.45, 7) is 4.02. The largest absolute Gasteiger partial charge is 0.404 e. The van der Waals surface area contributed by atoms with Crippen molar-refractivity contribution in [1.82, 2.24) is 14.1 Å². The van der Waals surface area contributed by atoms with Crippen molar-refractivity contribution >= 4 is 16.1 Å². The van der Waals surface area contributed by atoms with Gasteiger partial charge in [0.2, 0.25) is 10.0 Å². The summed E-state index contributed by atoms with van der Waals surface area (Å²) in [5.74, 6) is -2.13. The van der Waals surface area contributed by atoms with Gasteiger partial charge >= 0.3 is 6.18 Å². The number of allylic oxidation sites excluding steroid dienone is 1. The van der Waals surface area contributed by atoms with Gasteiger partial charge in [0.15, 0.2) is 5.75 Å².